The van der Waals surface area contributed by atoms with Crippen molar-refractivity contribution >= 4 is 11.7 Å². The highest BCUT2D eigenvalue weighted by molar-refractivity contribution is 5.95. The van der Waals surface area contributed by atoms with E-state index >= 15 is 0 Å². The number of esters is 1. The van der Waals surface area contributed by atoms with Crippen LogP contribution in [0, 0.1) is 10.1 Å². The minimum absolute atomic E-state index is 0.0709. The van der Waals surface area contributed by atoms with Gasteiger partial charge in [-0.25, -0.2) is 4.79 Å². The molecule has 0 spiro atoms. The zero-order valence-corrected chi connectivity index (χ0v) is 15.9. The number of rotatable bonds is 9. The first-order valence-electron chi connectivity index (χ1n) is 9.19. The molecular formula is C20H21NO8. The Kier molecular flexibility index (Phi) is 6.72. The molecule has 154 valence electrons. The first kappa shape index (κ1) is 20.2. The van der Waals surface area contributed by atoms with Crippen molar-refractivity contribution in [1.29, 1.82) is 0 Å². The highest BCUT2D eigenvalue weighted by Gasteiger charge is 2.27. The molecule has 0 N–H and O–H groups in total. The minimum Gasteiger partial charge on any atom is -0.494 e. The van der Waals surface area contributed by atoms with Crippen molar-refractivity contribution in [2.75, 3.05) is 33.0 Å². The lowest BCUT2D eigenvalue weighted by Gasteiger charge is -2.18. The quantitative estimate of drug-likeness (QED) is 0.271. The second-order valence-electron chi connectivity index (χ2n) is 6.07. The molecule has 1 aliphatic rings. The normalized spacial score (nSPS) is 12.2. The third-order valence-corrected chi connectivity index (χ3v) is 3.96. The van der Waals surface area contributed by atoms with Crippen molar-refractivity contribution in [3.63, 3.8) is 0 Å². The number of hydrogen-bond acceptors (Lipinski definition) is 8. The Bertz CT molecular complexity index is 866. The second kappa shape index (κ2) is 9.63. The van der Waals surface area contributed by atoms with Gasteiger partial charge in [0.15, 0.2) is 11.5 Å². The Morgan fingerprint density at radius 2 is 1.59 bits per heavy atom. The van der Waals surface area contributed by atoms with Gasteiger partial charge >= 0.3 is 5.97 Å². The molecule has 2 aromatic carbocycles. The molecule has 9 heteroatoms. The van der Waals surface area contributed by atoms with Gasteiger partial charge in [0, 0.05) is 6.07 Å². The maximum atomic E-state index is 12.3. The lowest BCUT2D eigenvalue weighted by molar-refractivity contribution is -0.385. The van der Waals surface area contributed by atoms with Crippen LogP contribution < -0.4 is 18.9 Å². The predicted molar refractivity (Wildman–Crippen MR) is 102 cm³/mol. The Hall–Kier alpha value is -3.49. The van der Waals surface area contributed by atoms with Crippen LogP contribution in [0.25, 0.3) is 0 Å². The van der Waals surface area contributed by atoms with Crippen LogP contribution in [0.4, 0.5) is 5.69 Å². The van der Waals surface area contributed by atoms with Crippen LogP contribution in [0.2, 0.25) is 0 Å². The molecular weight excluding hydrogens is 382 g/mol. The lowest BCUT2D eigenvalue weighted by atomic mass is 10.1. The van der Waals surface area contributed by atoms with E-state index in [0.29, 0.717) is 19.0 Å². The van der Waals surface area contributed by atoms with Gasteiger partial charge < -0.3 is 23.7 Å². The van der Waals surface area contributed by atoms with Crippen LogP contribution in [-0.4, -0.2) is 43.9 Å². The largest absolute Gasteiger partial charge is 0.494 e. The highest BCUT2D eigenvalue weighted by atomic mass is 16.6. The summed E-state index contributed by atoms with van der Waals surface area (Å²) in [7, 11) is 0. The third kappa shape index (κ3) is 5.28. The van der Waals surface area contributed by atoms with Crippen molar-refractivity contribution in [3.8, 4) is 23.0 Å². The molecule has 3 rings (SSSR count). The maximum absolute atomic E-state index is 12.3. The molecule has 0 amide bonds. The maximum Gasteiger partial charge on any atom is 0.345 e. The molecule has 0 saturated carbocycles. The fourth-order valence-electron chi connectivity index (χ4n) is 2.62. The Balaban J connectivity index is 1.55. The van der Waals surface area contributed by atoms with Gasteiger partial charge in [-0.2, -0.15) is 0 Å². The molecule has 0 fully saturated rings. The smallest absolute Gasteiger partial charge is 0.345 e. The van der Waals surface area contributed by atoms with Crippen LogP contribution >= 0.6 is 0 Å². The van der Waals surface area contributed by atoms with Crippen LogP contribution in [0.15, 0.2) is 36.4 Å². The zero-order valence-electron chi connectivity index (χ0n) is 15.9. The van der Waals surface area contributed by atoms with Crippen LogP contribution in [-0.2, 0) is 4.74 Å². The summed E-state index contributed by atoms with van der Waals surface area (Å²) in [5, 5.41) is 11.3. The number of carbonyl (C=O) groups is 1. The topological polar surface area (TPSA) is 106 Å². The highest BCUT2D eigenvalue weighted by Crippen LogP contribution is 2.36. The summed E-state index contributed by atoms with van der Waals surface area (Å²) in [5.41, 5.74) is -0.598. The summed E-state index contributed by atoms with van der Waals surface area (Å²) < 4.78 is 26.8. The summed E-state index contributed by atoms with van der Waals surface area (Å²) in [4.78, 5) is 22.9. The number of nitrogens with zero attached hydrogens (tertiary/aromatic N) is 1. The molecule has 2 aromatic rings. The summed E-state index contributed by atoms with van der Waals surface area (Å²) in [6.45, 7) is 3.28. The fraction of sp³-hybridized carbons (Fsp3) is 0.350. The lowest BCUT2D eigenvalue weighted by Crippen LogP contribution is -2.18. The van der Waals surface area contributed by atoms with Crippen molar-refractivity contribution in [3.05, 3.63) is 52.1 Å². The van der Waals surface area contributed by atoms with E-state index in [1.807, 2.05) is 6.92 Å². The molecule has 0 aromatic heterocycles. The molecule has 29 heavy (non-hydrogen) atoms. The van der Waals surface area contributed by atoms with E-state index in [1.54, 1.807) is 24.3 Å². The molecule has 9 nitrogen and oxygen atoms in total. The molecule has 0 unspecified atom stereocenters. The summed E-state index contributed by atoms with van der Waals surface area (Å²) in [5.74, 6) is 1.01. The molecule has 1 aliphatic heterocycles. The molecule has 0 saturated heterocycles. The van der Waals surface area contributed by atoms with Gasteiger partial charge in [0.25, 0.3) is 5.69 Å². The number of nitro groups is 1. The van der Waals surface area contributed by atoms with E-state index in [-0.39, 0.29) is 36.9 Å². The van der Waals surface area contributed by atoms with Gasteiger partial charge in [-0.1, -0.05) is 6.92 Å². The predicted octanol–water partition coefficient (Wildman–Crippen LogP) is 3.39. The van der Waals surface area contributed by atoms with Crippen LogP contribution in [0.3, 0.4) is 0 Å². The second-order valence-corrected chi connectivity index (χ2v) is 6.07. The number of fused-ring (bicyclic) bond motifs is 1. The zero-order chi connectivity index (χ0) is 20.6. The monoisotopic (exact) mass is 403 g/mol. The molecule has 0 bridgehead atoms. The van der Waals surface area contributed by atoms with Gasteiger partial charge in [-0.05, 0) is 30.7 Å². The molecule has 0 atom stereocenters. The third-order valence-electron chi connectivity index (χ3n) is 3.96. The van der Waals surface area contributed by atoms with Crippen LogP contribution in [0.1, 0.15) is 23.7 Å². The number of hydrogen-bond donors (Lipinski definition) is 0. The van der Waals surface area contributed by atoms with Crippen molar-refractivity contribution in [2.45, 2.75) is 13.3 Å². The van der Waals surface area contributed by atoms with Crippen molar-refractivity contribution in [1.82, 2.24) is 0 Å². The van der Waals surface area contributed by atoms with E-state index in [1.165, 1.54) is 12.1 Å². The van der Waals surface area contributed by atoms with Crippen LogP contribution in [0.5, 0.6) is 23.0 Å². The Morgan fingerprint density at radius 3 is 2.17 bits per heavy atom. The van der Waals surface area contributed by atoms with Gasteiger partial charge in [0.1, 0.15) is 43.5 Å². The standard InChI is InChI=1S/C20H21NO8/c1-2-7-25-14-3-5-15(6-4-14)26-8-11-29-20(22)16-12-18-19(28-10-9-27-18)13-17(16)21(23)24/h3-6,12-13H,2,7-11H2,1H3. The molecule has 0 radical (unpaired) electrons. The number of nitro benzene ring substituents is 1. The van der Waals surface area contributed by atoms with E-state index < -0.39 is 16.6 Å². The van der Waals surface area contributed by atoms with E-state index in [9.17, 15) is 14.9 Å². The fourth-order valence-corrected chi connectivity index (χ4v) is 2.62. The molecule has 1 heterocycles. The average molecular weight is 403 g/mol. The van der Waals surface area contributed by atoms with E-state index in [0.717, 1.165) is 12.2 Å². The van der Waals surface area contributed by atoms with Crippen molar-refractivity contribution < 1.29 is 33.4 Å². The Morgan fingerprint density at radius 1 is 1.00 bits per heavy atom. The molecule has 0 aliphatic carbocycles. The summed E-state index contributed by atoms with van der Waals surface area (Å²) >= 11 is 0. The van der Waals surface area contributed by atoms with Gasteiger partial charge in [-0.15, -0.1) is 0 Å². The minimum atomic E-state index is -0.833. The van der Waals surface area contributed by atoms with Gasteiger partial charge in [0.05, 0.1) is 17.6 Å². The van der Waals surface area contributed by atoms with Gasteiger partial charge in [0.2, 0.25) is 0 Å². The summed E-state index contributed by atoms with van der Waals surface area (Å²) in [6.07, 6.45) is 0.922. The SMILES string of the molecule is CCCOc1ccc(OCCOC(=O)c2cc3c(cc2[N+](=O)[O-])OCCO3)cc1. The number of ether oxygens (including phenoxy) is 5. The Labute approximate surface area is 167 Å². The first-order valence-corrected chi connectivity index (χ1v) is 9.19. The van der Waals surface area contributed by atoms with Gasteiger partial charge in [-0.3, -0.25) is 10.1 Å². The average Bonchev–Trinajstić information content (AvgIpc) is 2.75. The number of benzene rings is 2. The van der Waals surface area contributed by atoms with E-state index in [4.69, 9.17) is 23.7 Å². The van der Waals surface area contributed by atoms with E-state index in [2.05, 4.69) is 0 Å². The summed E-state index contributed by atoms with van der Waals surface area (Å²) in [6, 6.07) is 9.51. The van der Waals surface area contributed by atoms with Crippen molar-refractivity contribution in [2.24, 2.45) is 0 Å². The first-order chi connectivity index (χ1) is 14.1. The number of carbonyl (C=O) groups excluding carboxylic acids is 1.